The second kappa shape index (κ2) is 11.9. The largest absolute Gasteiger partial charge is 0.493 e. The summed E-state index contributed by atoms with van der Waals surface area (Å²) < 4.78 is 11.1. The molecule has 0 spiro atoms. The zero-order chi connectivity index (χ0) is 21.9. The van der Waals surface area contributed by atoms with Crippen LogP contribution in [0.3, 0.4) is 0 Å². The first-order valence-electron chi connectivity index (χ1n) is 9.70. The third-order valence-corrected chi connectivity index (χ3v) is 4.27. The number of rotatable bonds is 10. The van der Waals surface area contributed by atoms with Crippen LogP contribution in [0.25, 0.3) is 6.08 Å². The fourth-order valence-electron chi connectivity index (χ4n) is 2.51. The Bertz CT molecular complexity index is 882. The number of amides is 2. The molecule has 2 aromatic carbocycles. The Kier molecular flexibility index (Phi) is 9.22. The Labute approximate surface area is 182 Å². The van der Waals surface area contributed by atoms with Gasteiger partial charge < -0.3 is 20.1 Å². The molecule has 0 aliphatic carbocycles. The standard InChI is InChI=1S/C23H27ClN2O4/c1-16(2)15-30-22-19(24)13-17(14-20(22)29-3)9-10-21(27)25-11-12-26-23(28)18-7-5-4-6-8-18/h4-10,13-14,16H,11-12,15H2,1-3H3,(H,25,27)(H,26,28)/b10-9+. The van der Waals surface area contributed by atoms with Crippen molar-refractivity contribution < 1.29 is 19.1 Å². The van der Waals surface area contributed by atoms with Crippen molar-refractivity contribution >= 4 is 29.5 Å². The molecule has 2 rings (SSSR count). The van der Waals surface area contributed by atoms with E-state index < -0.39 is 0 Å². The Morgan fingerprint density at radius 1 is 1.10 bits per heavy atom. The first kappa shape index (κ1) is 23.3. The van der Waals surface area contributed by atoms with Gasteiger partial charge in [0.15, 0.2) is 11.5 Å². The van der Waals surface area contributed by atoms with E-state index in [9.17, 15) is 9.59 Å². The van der Waals surface area contributed by atoms with Crippen LogP contribution in [-0.4, -0.2) is 38.6 Å². The van der Waals surface area contributed by atoms with Gasteiger partial charge in [0.2, 0.25) is 5.91 Å². The zero-order valence-electron chi connectivity index (χ0n) is 17.4. The smallest absolute Gasteiger partial charge is 0.251 e. The van der Waals surface area contributed by atoms with Crippen molar-refractivity contribution in [3.8, 4) is 11.5 Å². The Hall–Kier alpha value is -2.99. The summed E-state index contributed by atoms with van der Waals surface area (Å²) in [5.74, 6) is 0.892. The van der Waals surface area contributed by atoms with E-state index in [1.54, 1.807) is 42.5 Å². The molecule has 30 heavy (non-hydrogen) atoms. The molecule has 2 amide bonds. The van der Waals surface area contributed by atoms with E-state index in [1.165, 1.54) is 13.2 Å². The number of hydrogen-bond acceptors (Lipinski definition) is 4. The minimum atomic E-state index is -0.279. The lowest BCUT2D eigenvalue weighted by Gasteiger charge is -2.14. The van der Waals surface area contributed by atoms with Crippen LogP contribution in [0.2, 0.25) is 5.02 Å². The lowest BCUT2D eigenvalue weighted by Crippen LogP contribution is -2.33. The number of methoxy groups -OCH3 is 1. The summed E-state index contributed by atoms with van der Waals surface area (Å²) in [6.45, 7) is 5.25. The molecule has 0 aliphatic rings. The van der Waals surface area contributed by atoms with Crippen molar-refractivity contribution in [2.45, 2.75) is 13.8 Å². The van der Waals surface area contributed by atoms with Crippen LogP contribution in [0.5, 0.6) is 11.5 Å². The minimum Gasteiger partial charge on any atom is -0.493 e. The third kappa shape index (κ3) is 7.44. The Morgan fingerprint density at radius 3 is 2.47 bits per heavy atom. The van der Waals surface area contributed by atoms with Gasteiger partial charge in [-0.15, -0.1) is 0 Å². The fraction of sp³-hybridized carbons (Fsp3) is 0.304. The van der Waals surface area contributed by atoms with E-state index >= 15 is 0 Å². The monoisotopic (exact) mass is 430 g/mol. The van der Waals surface area contributed by atoms with Gasteiger partial charge in [0.1, 0.15) is 0 Å². The normalized spacial score (nSPS) is 10.8. The summed E-state index contributed by atoms with van der Waals surface area (Å²) >= 11 is 6.32. The maximum absolute atomic E-state index is 12.0. The molecule has 0 radical (unpaired) electrons. The van der Waals surface area contributed by atoms with Gasteiger partial charge in [-0.2, -0.15) is 0 Å². The minimum absolute atomic E-state index is 0.179. The number of hydrogen-bond donors (Lipinski definition) is 2. The predicted octanol–water partition coefficient (Wildman–Crippen LogP) is 3.94. The Morgan fingerprint density at radius 2 is 1.80 bits per heavy atom. The zero-order valence-corrected chi connectivity index (χ0v) is 18.2. The maximum atomic E-state index is 12.0. The van der Waals surface area contributed by atoms with E-state index in [0.717, 1.165) is 0 Å². The fourth-order valence-corrected chi connectivity index (χ4v) is 2.78. The van der Waals surface area contributed by atoms with Crippen molar-refractivity contribution in [3.05, 3.63) is 64.7 Å². The second-order valence-corrected chi connectivity index (χ2v) is 7.39. The number of nitrogens with one attached hydrogen (secondary N) is 2. The van der Waals surface area contributed by atoms with Crippen LogP contribution in [0.1, 0.15) is 29.8 Å². The highest BCUT2D eigenvalue weighted by molar-refractivity contribution is 6.32. The summed E-state index contributed by atoms with van der Waals surface area (Å²) in [5, 5.41) is 5.88. The first-order valence-corrected chi connectivity index (χ1v) is 10.1. The van der Waals surface area contributed by atoms with Gasteiger partial charge in [0, 0.05) is 24.7 Å². The lowest BCUT2D eigenvalue weighted by molar-refractivity contribution is -0.116. The van der Waals surface area contributed by atoms with Gasteiger partial charge in [-0.25, -0.2) is 0 Å². The molecular formula is C23H27ClN2O4. The van der Waals surface area contributed by atoms with E-state index in [0.29, 0.717) is 53.3 Å². The predicted molar refractivity (Wildman–Crippen MR) is 119 cm³/mol. The molecule has 7 heteroatoms. The van der Waals surface area contributed by atoms with E-state index in [4.69, 9.17) is 21.1 Å². The molecule has 0 heterocycles. The molecule has 0 aliphatic heterocycles. The lowest BCUT2D eigenvalue weighted by atomic mass is 10.1. The van der Waals surface area contributed by atoms with Crippen molar-refractivity contribution in [3.63, 3.8) is 0 Å². The second-order valence-electron chi connectivity index (χ2n) is 6.99. The average molecular weight is 431 g/mol. The topological polar surface area (TPSA) is 76.7 Å². The molecule has 0 unspecified atom stereocenters. The van der Waals surface area contributed by atoms with Gasteiger partial charge in [0.05, 0.1) is 18.7 Å². The Balaban J connectivity index is 1.85. The van der Waals surface area contributed by atoms with Crippen LogP contribution in [-0.2, 0) is 4.79 Å². The summed E-state index contributed by atoms with van der Waals surface area (Å²) in [6, 6.07) is 12.4. The SMILES string of the molecule is COc1cc(/C=C/C(=O)NCCNC(=O)c2ccccc2)cc(Cl)c1OCC(C)C. The van der Waals surface area contributed by atoms with Crippen LogP contribution in [0.15, 0.2) is 48.5 Å². The van der Waals surface area contributed by atoms with E-state index in [2.05, 4.69) is 10.6 Å². The molecule has 0 bridgehead atoms. The van der Waals surface area contributed by atoms with Crippen molar-refractivity contribution in [2.24, 2.45) is 5.92 Å². The summed E-state index contributed by atoms with van der Waals surface area (Å²) in [7, 11) is 1.54. The van der Waals surface area contributed by atoms with Crippen LogP contribution in [0, 0.1) is 5.92 Å². The quantitative estimate of drug-likeness (QED) is 0.442. The molecular weight excluding hydrogens is 404 g/mol. The molecule has 2 N–H and O–H groups in total. The van der Waals surface area contributed by atoms with Crippen LogP contribution >= 0.6 is 11.6 Å². The number of benzene rings is 2. The number of carbonyl (C=O) groups is 2. The molecule has 0 atom stereocenters. The third-order valence-electron chi connectivity index (χ3n) is 3.99. The van der Waals surface area contributed by atoms with E-state index in [1.807, 2.05) is 19.9 Å². The molecule has 0 saturated heterocycles. The molecule has 0 saturated carbocycles. The molecule has 160 valence electrons. The highest BCUT2D eigenvalue weighted by Crippen LogP contribution is 2.37. The van der Waals surface area contributed by atoms with Crippen molar-refractivity contribution in [1.82, 2.24) is 10.6 Å². The molecule has 0 fully saturated rings. The molecule has 2 aromatic rings. The van der Waals surface area contributed by atoms with Crippen LogP contribution < -0.4 is 20.1 Å². The maximum Gasteiger partial charge on any atom is 0.251 e. The van der Waals surface area contributed by atoms with Gasteiger partial charge in [0.25, 0.3) is 5.91 Å². The highest BCUT2D eigenvalue weighted by atomic mass is 35.5. The van der Waals surface area contributed by atoms with Gasteiger partial charge in [-0.1, -0.05) is 43.6 Å². The molecule has 0 aromatic heterocycles. The van der Waals surface area contributed by atoms with Gasteiger partial charge >= 0.3 is 0 Å². The van der Waals surface area contributed by atoms with Crippen molar-refractivity contribution in [2.75, 3.05) is 26.8 Å². The molecule has 6 nitrogen and oxygen atoms in total. The average Bonchev–Trinajstić information content (AvgIpc) is 2.74. The summed E-state index contributed by atoms with van der Waals surface area (Å²) in [4.78, 5) is 23.9. The van der Waals surface area contributed by atoms with Crippen molar-refractivity contribution in [1.29, 1.82) is 0 Å². The van der Waals surface area contributed by atoms with Gasteiger partial charge in [-0.3, -0.25) is 9.59 Å². The van der Waals surface area contributed by atoms with E-state index in [-0.39, 0.29) is 11.8 Å². The van der Waals surface area contributed by atoms with Gasteiger partial charge in [-0.05, 0) is 41.8 Å². The summed E-state index contributed by atoms with van der Waals surface area (Å²) in [5.41, 5.74) is 1.29. The number of carbonyl (C=O) groups excluding carboxylic acids is 2. The summed E-state index contributed by atoms with van der Waals surface area (Å²) in [6.07, 6.45) is 3.04. The number of ether oxygens (including phenoxy) is 2. The number of halogens is 1. The first-order chi connectivity index (χ1) is 14.4. The highest BCUT2D eigenvalue weighted by Gasteiger charge is 2.12. The van der Waals surface area contributed by atoms with Crippen LogP contribution in [0.4, 0.5) is 0 Å².